The van der Waals surface area contributed by atoms with E-state index in [-0.39, 0.29) is 5.97 Å². The Hall–Kier alpha value is -0.790. The van der Waals surface area contributed by atoms with Gasteiger partial charge in [0.05, 0.1) is 16.2 Å². The average molecular weight is 349 g/mol. The van der Waals surface area contributed by atoms with Crippen LogP contribution < -0.4 is 5.73 Å². The number of hydrogen-bond acceptors (Lipinski definition) is 4. The number of nitrogens with two attached hydrogens (primary N) is 1. The van der Waals surface area contributed by atoms with Gasteiger partial charge in [-0.2, -0.15) is 5.10 Å². The third-order valence-corrected chi connectivity index (χ3v) is 4.09. The van der Waals surface area contributed by atoms with Crippen molar-refractivity contribution < 1.29 is 9.53 Å². The SMILES string of the molecule is CCOC(=O)c1nn(C2CCCC2)c(N)c1I. The molecule has 0 aliphatic heterocycles. The Labute approximate surface area is 114 Å². The molecule has 0 saturated heterocycles. The topological polar surface area (TPSA) is 70.1 Å². The maximum Gasteiger partial charge on any atom is 0.360 e. The molecule has 0 radical (unpaired) electrons. The molecule has 94 valence electrons. The summed E-state index contributed by atoms with van der Waals surface area (Å²) >= 11 is 2.06. The zero-order valence-electron chi connectivity index (χ0n) is 9.78. The molecule has 1 aliphatic carbocycles. The van der Waals surface area contributed by atoms with Gasteiger partial charge >= 0.3 is 5.97 Å². The van der Waals surface area contributed by atoms with E-state index in [2.05, 4.69) is 27.7 Å². The molecule has 0 unspecified atom stereocenters. The normalized spacial score (nSPS) is 16.4. The van der Waals surface area contributed by atoms with Gasteiger partial charge in [0.2, 0.25) is 0 Å². The molecule has 0 amide bonds. The van der Waals surface area contributed by atoms with E-state index in [1.165, 1.54) is 12.8 Å². The van der Waals surface area contributed by atoms with Crippen molar-refractivity contribution in [3.8, 4) is 0 Å². The first-order valence-electron chi connectivity index (χ1n) is 5.85. The van der Waals surface area contributed by atoms with Crippen LogP contribution in [0.2, 0.25) is 0 Å². The fourth-order valence-corrected chi connectivity index (χ4v) is 2.76. The average Bonchev–Trinajstić information content (AvgIpc) is 2.90. The van der Waals surface area contributed by atoms with Gasteiger partial charge in [0.15, 0.2) is 5.69 Å². The molecular weight excluding hydrogens is 333 g/mol. The summed E-state index contributed by atoms with van der Waals surface area (Å²) in [5.74, 6) is 0.195. The number of carbonyl (C=O) groups is 1. The van der Waals surface area contributed by atoms with Crippen LogP contribution in [0, 0.1) is 3.57 Å². The van der Waals surface area contributed by atoms with Crippen LogP contribution in [-0.2, 0) is 4.74 Å². The van der Waals surface area contributed by atoms with Crippen LogP contribution in [0.25, 0.3) is 0 Å². The molecule has 0 bridgehead atoms. The number of hydrogen-bond donors (Lipinski definition) is 1. The lowest BCUT2D eigenvalue weighted by molar-refractivity contribution is 0.0517. The maximum atomic E-state index is 11.7. The number of aromatic nitrogens is 2. The molecule has 6 heteroatoms. The summed E-state index contributed by atoms with van der Waals surface area (Å²) in [5, 5.41) is 4.32. The first-order valence-corrected chi connectivity index (χ1v) is 6.93. The number of anilines is 1. The van der Waals surface area contributed by atoms with Gasteiger partial charge in [0, 0.05) is 0 Å². The molecule has 1 saturated carbocycles. The third-order valence-electron chi connectivity index (χ3n) is 3.03. The molecule has 0 aromatic carbocycles. The highest BCUT2D eigenvalue weighted by Crippen LogP contribution is 2.33. The molecule has 2 rings (SSSR count). The Bertz CT molecular complexity index is 425. The molecule has 5 nitrogen and oxygen atoms in total. The number of nitrogens with zero attached hydrogens (tertiary/aromatic N) is 2. The highest BCUT2D eigenvalue weighted by atomic mass is 127. The lowest BCUT2D eigenvalue weighted by atomic mass is 10.2. The molecular formula is C11H16IN3O2. The fraction of sp³-hybridized carbons (Fsp3) is 0.636. The first kappa shape index (κ1) is 12.7. The number of carbonyl (C=O) groups excluding carboxylic acids is 1. The second-order valence-corrected chi connectivity index (χ2v) is 5.23. The standard InChI is InChI=1S/C11H16IN3O2/c1-2-17-11(16)9-8(12)10(13)15(14-9)7-5-3-4-6-7/h7H,2-6,13H2,1H3. The van der Waals surface area contributed by atoms with E-state index in [1.807, 2.05) is 0 Å². The molecule has 0 spiro atoms. The van der Waals surface area contributed by atoms with E-state index < -0.39 is 0 Å². The Morgan fingerprint density at radius 1 is 1.59 bits per heavy atom. The second kappa shape index (κ2) is 5.24. The minimum atomic E-state index is -0.389. The van der Waals surface area contributed by atoms with Crippen molar-refractivity contribution in [2.24, 2.45) is 0 Å². The highest BCUT2D eigenvalue weighted by Gasteiger charge is 2.26. The van der Waals surface area contributed by atoms with Crippen LogP contribution in [-0.4, -0.2) is 22.4 Å². The van der Waals surface area contributed by atoms with E-state index in [4.69, 9.17) is 10.5 Å². The Morgan fingerprint density at radius 2 is 2.24 bits per heavy atom. The van der Waals surface area contributed by atoms with Gasteiger partial charge in [-0.3, -0.25) is 0 Å². The van der Waals surface area contributed by atoms with Crippen LogP contribution in [0.4, 0.5) is 5.82 Å². The van der Waals surface area contributed by atoms with Gasteiger partial charge < -0.3 is 10.5 Å². The molecule has 1 aliphatic rings. The van der Waals surface area contributed by atoms with E-state index in [0.29, 0.717) is 27.7 Å². The van der Waals surface area contributed by atoms with Crippen molar-refractivity contribution in [2.75, 3.05) is 12.3 Å². The van der Waals surface area contributed by atoms with Gasteiger partial charge in [-0.15, -0.1) is 0 Å². The number of esters is 1. The maximum absolute atomic E-state index is 11.7. The van der Waals surface area contributed by atoms with Crippen LogP contribution in [0.1, 0.15) is 49.1 Å². The van der Waals surface area contributed by atoms with Gasteiger partial charge in [-0.25, -0.2) is 9.48 Å². The Balaban J connectivity index is 2.29. The minimum absolute atomic E-state index is 0.340. The van der Waals surface area contributed by atoms with Crippen LogP contribution >= 0.6 is 22.6 Å². The molecule has 1 heterocycles. The lowest BCUT2D eigenvalue weighted by Gasteiger charge is -2.11. The van der Waals surface area contributed by atoms with E-state index in [9.17, 15) is 4.79 Å². The highest BCUT2D eigenvalue weighted by molar-refractivity contribution is 14.1. The van der Waals surface area contributed by atoms with E-state index in [1.54, 1.807) is 11.6 Å². The van der Waals surface area contributed by atoms with Crippen molar-refractivity contribution in [2.45, 2.75) is 38.6 Å². The summed E-state index contributed by atoms with van der Waals surface area (Å²) in [6, 6.07) is 0.340. The quantitative estimate of drug-likeness (QED) is 0.672. The molecule has 1 aromatic rings. The Morgan fingerprint density at radius 3 is 2.82 bits per heavy atom. The lowest BCUT2D eigenvalue weighted by Crippen LogP contribution is -2.11. The first-order chi connectivity index (χ1) is 8.15. The molecule has 0 atom stereocenters. The molecule has 1 aromatic heterocycles. The molecule has 2 N–H and O–H groups in total. The Kier molecular flexibility index (Phi) is 3.90. The smallest absolute Gasteiger partial charge is 0.360 e. The van der Waals surface area contributed by atoms with Crippen molar-refractivity contribution >= 4 is 34.4 Å². The van der Waals surface area contributed by atoms with Gasteiger partial charge in [0.25, 0.3) is 0 Å². The van der Waals surface area contributed by atoms with E-state index >= 15 is 0 Å². The second-order valence-electron chi connectivity index (χ2n) is 4.15. The number of nitrogen functional groups attached to an aromatic ring is 1. The van der Waals surface area contributed by atoms with E-state index in [0.717, 1.165) is 12.8 Å². The fourth-order valence-electron chi connectivity index (χ4n) is 2.18. The summed E-state index contributed by atoms with van der Waals surface area (Å²) in [6.07, 6.45) is 4.58. The summed E-state index contributed by atoms with van der Waals surface area (Å²) in [5.41, 5.74) is 6.35. The predicted octanol–water partition coefficient (Wildman–Crippen LogP) is 2.36. The zero-order chi connectivity index (χ0) is 12.4. The monoisotopic (exact) mass is 349 g/mol. The van der Waals surface area contributed by atoms with Crippen LogP contribution in [0.3, 0.4) is 0 Å². The van der Waals surface area contributed by atoms with Crippen molar-refractivity contribution in [1.29, 1.82) is 0 Å². The summed E-state index contributed by atoms with van der Waals surface area (Å²) < 4.78 is 7.46. The minimum Gasteiger partial charge on any atom is -0.461 e. The number of ether oxygens (including phenoxy) is 1. The number of halogens is 1. The van der Waals surface area contributed by atoms with Gasteiger partial charge in [0.1, 0.15) is 5.82 Å². The molecule has 1 fully saturated rings. The molecule has 17 heavy (non-hydrogen) atoms. The summed E-state index contributed by atoms with van der Waals surface area (Å²) in [6.45, 7) is 2.13. The summed E-state index contributed by atoms with van der Waals surface area (Å²) in [4.78, 5) is 11.7. The zero-order valence-corrected chi connectivity index (χ0v) is 11.9. The van der Waals surface area contributed by atoms with Crippen molar-refractivity contribution in [3.63, 3.8) is 0 Å². The van der Waals surface area contributed by atoms with Gasteiger partial charge in [-0.1, -0.05) is 12.8 Å². The van der Waals surface area contributed by atoms with Crippen LogP contribution in [0.15, 0.2) is 0 Å². The van der Waals surface area contributed by atoms with Crippen molar-refractivity contribution in [1.82, 2.24) is 9.78 Å². The number of rotatable bonds is 3. The summed E-state index contributed by atoms with van der Waals surface area (Å²) in [7, 11) is 0. The van der Waals surface area contributed by atoms with Crippen LogP contribution in [0.5, 0.6) is 0 Å². The van der Waals surface area contributed by atoms with Gasteiger partial charge in [-0.05, 0) is 42.4 Å². The van der Waals surface area contributed by atoms with Crippen molar-refractivity contribution in [3.05, 3.63) is 9.26 Å². The predicted molar refractivity (Wildman–Crippen MR) is 72.8 cm³/mol. The third kappa shape index (κ3) is 2.41. The largest absolute Gasteiger partial charge is 0.461 e.